The Labute approximate surface area is 80.3 Å². The van der Waals surface area contributed by atoms with Crippen LogP contribution in [-0.2, 0) is 0 Å². The molecule has 0 aliphatic rings. The van der Waals surface area contributed by atoms with Crippen molar-refractivity contribution in [2.45, 2.75) is 0 Å². The van der Waals surface area contributed by atoms with Gasteiger partial charge in [-0.2, -0.15) is 0 Å². The minimum absolute atomic E-state index is 0.389. The highest BCUT2D eigenvalue weighted by Gasteiger charge is 2.03. The van der Waals surface area contributed by atoms with Crippen molar-refractivity contribution in [3.63, 3.8) is 0 Å². The summed E-state index contributed by atoms with van der Waals surface area (Å²) in [6.07, 6.45) is 1.41. The zero-order valence-corrected chi connectivity index (χ0v) is 8.52. The zero-order valence-electron chi connectivity index (χ0n) is 5.34. The molecule has 0 bridgehead atoms. The number of primary amides is 1. The fourth-order valence-electron chi connectivity index (χ4n) is 0.556. The average molecular weight is 280 g/mol. The molecule has 0 saturated heterocycles. The summed E-state index contributed by atoms with van der Waals surface area (Å²) >= 11 is 6.37. The van der Waals surface area contributed by atoms with Crippen LogP contribution in [0.4, 0.5) is 0 Å². The van der Waals surface area contributed by atoms with Gasteiger partial charge in [-0.1, -0.05) is 0 Å². The first-order valence-corrected chi connectivity index (χ1v) is 4.30. The molecule has 0 spiro atoms. The molecule has 0 atom stereocenters. The lowest BCUT2D eigenvalue weighted by Crippen LogP contribution is -2.11. The van der Waals surface area contributed by atoms with Crippen molar-refractivity contribution in [2.24, 2.45) is 5.73 Å². The molecule has 0 radical (unpaired) electrons. The first kappa shape index (κ1) is 8.67. The van der Waals surface area contributed by atoms with Crippen LogP contribution >= 0.6 is 31.9 Å². The van der Waals surface area contributed by atoms with E-state index in [1.165, 1.54) is 6.20 Å². The van der Waals surface area contributed by atoms with Gasteiger partial charge in [-0.05, 0) is 37.9 Å². The predicted octanol–water partition coefficient (Wildman–Crippen LogP) is 1.71. The Bertz CT molecular complexity index is 301. The third kappa shape index (κ3) is 2.00. The van der Waals surface area contributed by atoms with Crippen molar-refractivity contribution in [1.29, 1.82) is 0 Å². The van der Waals surface area contributed by atoms with Crippen molar-refractivity contribution in [1.82, 2.24) is 4.98 Å². The molecule has 0 unspecified atom stereocenters. The van der Waals surface area contributed by atoms with E-state index in [9.17, 15) is 4.79 Å². The number of nitrogens with two attached hydrogens (primary N) is 1. The van der Waals surface area contributed by atoms with E-state index in [1.54, 1.807) is 6.07 Å². The number of carbonyl (C=O) groups is 1. The van der Waals surface area contributed by atoms with Crippen LogP contribution in [0.5, 0.6) is 0 Å². The first-order chi connectivity index (χ1) is 5.11. The molecule has 1 amide bonds. The molecule has 2 N–H and O–H groups in total. The average Bonchev–Trinajstić information content (AvgIpc) is 1.94. The summed E-state index contributed by atoms with van der Waals surface area (Å²) in [7, 11) is 0. The van der Waals surface area contributed by atoms with Gasteiger partial charge in [0.15, 0.2) is 0 Å². The molecule has 1 aromatic rings. The SMILES string of the molecule is NC(=O)c1cnc(Br)c(Br)c1. The van der Waals surface area contributed by atoms with Crippen LogP contribution in [0.3, 0.4) is 0 Å². The summed E-state index contributed by atoms with van der Waals surface area (Å²) in [6.45, 7) is 0. The minimum Gasteiger partial charge on any atom is -0.366 e. The summed E-state index contributed by atoms with van der Waals surface area (Å²) in [5, 5.41) is 0. The maximum absolute atomic E-state index is 10.6. The predicted molar refractivity (Wildman–Crippen MR) is 48.2 cm³/mol. The van der Waals surface area contributed by atoms with Crippen molar-refractivity contribution < 1.29 is 4.79 Å². The Morgan fingerprint density at radius 2 is 2.18 bits per heavy atom. The van der Waals surface area contributed by atoms with Crippen LogP contribution in [0.15, 0.2) is 21.3 Å². The fourth-order valence-corrected chi connectivity index (χ4v) is 1.12. The lowest BCUT2D eigenvalue weighted by atomic mass is 10.3. The molecule has 11 heavy (non-hydrogen) atoms. The van der Waals surface area contributed by atoms with E-state index in [-0.39, 0.29) is 0 Å². The van der Waals surface area contributed by atoms with E-state index in [2.05, 4.69) is 36.8 Å². The van der Waals surface area contributed by atoms with Crippen LogP contribution < -0.4 is 5.73 Å². The molecule has 0 saturated carbocycles. The molecule has 5 heteroatoms. The number of hydrogen-bond acceptors (Lipinski definition) is 2. The van der Waals surface area contributed by atoms with E-state index in [0.717, 1.165) is 0 Å². The van der Waals surface area contributed by atoms with Crippen LogP contribution in [0, 0.1) is 0 Å². The number of amides is 1. The number of carbonyl (C=O) groups excluding carboxylic acids is 1. The molecule has 58 valence electrons. The molecule has 1 heterocycles. The van der Waals surface area contributed by atoms with Crippen molar-refractivity contribution in [3.8, 4) is 0 Å². The van der Waals surface area contributed by atoms with Gasteiger partial charge in [0.2, 0.25) is 5.91 Å². The fraction of sp³-hybridized carbons (Fsp3) is 0. The van der Waals surface area contributed by atoms with Gasteiger partial charge in [0, 0.05) is 6.20 Å². The third-order valence-electron chi connectivity index (χ3n) is 1.08. The van der Waals surface area contributed by atoms with Crippen LogP contribution in [0.2, 0.25) is 0 Å². The van der Waals surface area contributed by atoms with E-state index in [0.29, 0.717) is 14.6 Å². The molecular formula is C6H4Br2N2O. The number of halogens is 2. The highest BCUT2D eigenvalue weighted by atomic mass is 79.9. The number of rotatable bonds is 1. The molecule has 3 nitrogen and oxygen atoms in total. The summed E-state index contributed by atoms with van der Waals surface area (Å²) in [6, 6.07) is 1.61. The van der Waals surface area contributed by atoms with Crippen LogP contribution in [-0.4, -0.2) is 10.9 Å². The van der Waals surface area contributed by atoms with Gasteiger partial charge >= 0.3 is 0 Å². The summed E-state index contributed by atoms with van der Waals surface area (Å²) < 4.78 is 1.37. The van der Waals surface area contributed by atoms with Crippen molar-refractivity contribution >= 4 is 37.8 Å². The second-order valence-corrected chi connectivity index (χ2v) is 3.47. The topological polar surface area (TPSA) is 56.0 Å². The van der Waals surface area contributed by atoms with E-state index >= 15 is 0 Å². The summed E-state index contributed by atoms with van der Waals surface area (Å²) in [4.78, 5) is 14.5. The van der Waals surface area contributed by atoms with Gasteiger partial charge in [0.05, 0.1) is 10.0 Å². The molecule has 0 aromatic carbocycles. The number of nitrogens with zero attached hydrogens (tertiary/aromatic N) is 1. The molecule has 1 aromatic heterocycles. The number of hydrogen-bond donors (Lipinski definition) is 1. The van der Waals surface area contributed by atoms with Gasteiger partial charge < -0.3 is 5.73 Å². The standard InChI is InChI=1S/C6H4Br2N2O/c7-4-1-3(6(9)11)2-10-5(4)8/h1-2H,(H2,9,11). The Morgan fingerprint density at radius 3 is 2.64 bits per heavy atom. The molecule has 0 aliphatic carbocycles. The Kier molecular flexibility index (Phi) is 2.62. The Balaban J connectivity index is 3.15. The van der Waals surface area contributed by atoms with Crippen LogP contribution in [0.1, 0.15) is 10.4 Å². The van der Waals surface area contributed by atoms with Gasteiger partial charge in [-0.25, -0.2) is 4.98 Å². The first-order valence-electron chi connectivity index (χ1n) is 2.72. The monoisotopic (exact) mass is 278 g/mol. The maximum atomic E-state index is 10.6. The molecule has 0 aliphatic heterocycles. The van der Waals surface area contributed by atoms with E-state index in [4.69, 9.17) is 5.73 Å². The lowest BCUT2D eigenvalue weighted by Gasteiger charge is -1.96. The van der Waals surface area contributed by atoms with E-state index < -0.39 is 5.91 Å². The highest BCUT2D eigenvalue weighted by molar-refractivity contribution is 9.13. The van der Waals surface area contributed by atoms with Gasteiger partial charge in [0.1, 0.15) is 4.60 Å². The Morgan fingerprint density at radius 1 is 1.55 bits per heavy atom. The van der Waals surface area contributed by atoms with Crippen molar-refractivity contribution in [2.75, 3.05) is 0 Å². The highest BCUT2D eigenvalue weighted by Crippen LogP contribution is 2.20. The molecule has 0 fully saturated rings. The Hall–Kier alpha value is -0.420. The molecule has 1 rings (SSSR count). The molecular weight excluding hydrogens is 276 g/mol. The number of aromatic nitrogens is 1. The van der Waals surface area contributed by atoms with Gasteiger partial charge in [-0.15, -0.1) is 0 Å². The van der Waals surface area contributed by atoms with Crippen LogP contribution in [0.25, 0.3) is 0 Å². The van der Waals surface area contributed by atoms with Gasteiger partial charge in [0.25, 0.3) is 0 Å². The second-order valence-electron chi connectivity index (χ2n) is 1.86. The maximum Gasteiger partial charge on any atom is 0.250 e. The summed E-state index contributed by atoms with van der Waals surface area (Å²) in [5.74, 6) is -0.481. The van der Waals surface area contributed by atoms with Crippen molar-refractivity contribution in [3.05, 3.63) is 26.9 Å². The lowest BCUT2D eigenvalue weighted by molar-refractivity contribution is 0.1000. The third-order valence-corrected chi connectivity index (χ3v) is 2.85. The summed E-state index contributed by atoms with van der Waals surface area (Å²) in [5.41, 5.74) is 5.41. The number of pyridine rings is 1. The minimum atomic E-state index is -0.481. The zero-order chi connectivity index (χ0) is 8.43. The normalized spacial score (nSPS) is 9.64. The second kappa shape index (κ2) is 3.32. The quantitative estimate of drug-likeness (QED) is 0.796. The van der Waals surface area contributed by atoms with Gasteiger partial charge in [-0.3, -0.25) is 4.79 Å². The smallest absolute Gasteiger partial charge is 0.250 e. The van der Waals surface area contributed by atoms with E-state index in [1.807, 2.05) is 0 Å². The largest absolute Gasteiger partial charge is 0.366 e.